The Balaban J connectivity index is 2.00. The van der Waals surface area contributed by atoms with Crippen molar-refractivity contribution in [3.63, 3.8) is 0 Å². The molecule has 0 aliphatic rings. The summed E-state index contributed by atoms with van der Waals surface area (Å²) in [4.78, 5) is 5.47. The summed E-state index contributed by atoms with van der Waals surface area (Å²) >= 11 is 12.3. The van der Waals surface area contributed by atoms with Crippen LogP contribution in [0, 0.1) is 0 Å². The molecule has 1 atom stereocenters. The van der Waals surface area contributed by atoms with Gasteiger partial charge in [-0.25, -0.2) is 0 Å². The molecule has 2 N–H and O–H groups in total. The average molecular weight is 393 g/mol. The maximum atomic E-state index is 6.14. The van der Waals surface area contributed by atoms with Crippen molar-refractivity contribution in [2.45, 2.75) is 31.8 Å². The lowest BCUT2D eigenvalue weighted by molar-refractivity contribution is 0.0317. The van der Waals surface area contributed by atoms with Crippen LogP contribution in [0.4, 0.5) is 0 Å². The van der Waals surface area contributed by atoms with Crippen molar-refractivity contribution in [1.29, 1.82) is 0 Å². The maximum Gasteiger partial charge on any atom is 0.0861 e. The van der Waals surface area contributed by atoms with E-state index in [4.69, 9.17) is 28.0 Å². The van der Waals surface area contributed by atoms with Gasteiger partial charge in [0.15, 0.2) is 0 Å². The summed E-state index contributed by atoms with van der Waals surface area (Å²) in [7, 11) is 0. The van der Waals surface area contributed by atoms with E-state index < -0.39 is 0 Å². The fourth-order valence-corrected chi connectivity index (χ4v) is 3.26. The minimum Gasteiger partial charge on any atom is -0.308 e. The quantitative estimate of drug-likeness (QED) is 0.311. The number of hydrogen-bond donors (Lipinski definition) is 2. The van der Waals surface area contributed by atoms with Gasteiger partial charge in [-0.2, -0.15) is 5.48 Å². The maximum absolute atomic E-state index is 6.14. The molecule has 2 aromatic rings. The van der Waals surface area contributed by atoms with E-state index in [9.17, 15) is 0 Å². The summed E-state index contributed by atoms with van der Waals surface area (Å²) in [5.41, 5.74) is 5.12. The SMILES string of the molecule is C=CCONC(CCNC(C)(C)c1cc(Cl)cc(Cl)c1)c1ccccc1. The molecular weight excluding hydrogens is 367 g/mol. The van der Waals surface area contributed by atoms with Crippen molar-refractivity contribution in [3.05, 3.63) is 82.4 Å². The number of nitrogens with one attached hydrogen (secondary N) is 2. The largest absolute Gasteiger partial charge is 0.308 e. The lowest BCUT2D eigenvalue weighted by atomic mass is 9.93. The van der Waals surface area contributed by atoms with Gasteiger partial charge in [0.1, 0.15) is 0 Å². The molecule has 0 amide bonds. The molecule has 26 heavy (non-hydrogen) atoms. The number of hydrogen-bond acceptors (Lipinski definition) is 3. The van der Waals surface area contributed by atoms with Gasteiger partial charge in [0.25, 0.3) is 0 Å². The summed E-state index contributed by atoms with van der Waals surface area (Å²) < 4.78 is 0. The van der Waals surface area contributed by atoms with E-state index in [1.165, 1.54) is 5.56 Å². The number of benzene rings is 2. The third-order valence-corrected chi connectivity index (χ3v) is 4.65. The summed E-state index contributed by atoms with van der Waals surface area (Å²) in [6.45, 7) is 9.17. The molecular formula is C21H26Cl2N2O. The van der Waals surface area contributed by atoms with Gasteiger partial charge in [0.05, 0.1) is 12.6 Å². The van der Waals surface area contributed by atoms with Crippen molar-refractivity contribution < 1.29 is 4.84 Å². The van der Waals surface area contributed by atoms with Gasteiger partial charge in [0, 0.05) is 15.6 Å². The third kappa shape index (κ3) is 6.42. The molecule has 1 unspecified atom stereocenters. The van der Waals surface area contributed by atoms with Gasteiger partial charge in [-0.3, -0.25) is 4.84 Å². The van der Waals surface area contributed by atoms with E-state index in [0.29, 0.717) is 16.7 Å². The zero-order valence-corrected chi connectivity index (χ0v) is 16.8. The molecule has 0 bridgehead atoms. The highest BCUT2D eigenvalue weighted by Crippen LogP contribution is 2.27. The minimum atomic E-state index is -0.252. The Labute approximate surface area is 166 Å². The third-order valence-electron chi connectivity index (χ3n) is 4.21. The first kappa shape index (κ1) is 20.9. The second-order valence-electron chi connectivity index (χ2n) is 6.68. The Morgan fingerprint density at radius 1 is 1.12 bits per heavy atom. The fourth-order valence-electron chi connectivity index (χ4n) is 2.73. The smallest absolute Gasteiger partial charge is 0.0861 e. The van der Waals surface area contributed by atoms with Crippen LogP contribution in [-0.2, 0) is 10.4 Å². The molecule has 0 saturated heterocycles. The second kappa shape index (κ2) is 10.1. The van der Waals surface area contributed by atoms with Crippen molar-refractivity contribution in [2.24, 2.45) is 0 Å². The van der Waals surface area contributed by atoms with Crippen molar-refractivity contribution in [3.8, 4) is 0 Å². The zero-order valence-electron chi connectivity index (χ0n) is 15.3. The normalized spacial score (nSPS) is 12.8. The number of hydroxylamine groups is 1. The van der Waals surface area contributed by atoms with Crippen molar-refractivity contribution >= 4 is 23.2 Å². The predicted molar refractivity (Wildman–Crippen MR) is 111 cm³/mol. The van der Waals surface area contributed by atoms with Crippen molar-refractivity contribution in [1.82, 2.24) is 10.8 Å². The fraction of sp³-hybridized carbons (Fsp3) is 0.333. The lowest BCUT2D eigenvalue weighted by Gasteiger charge is -2.29. The molecule has 3 nitrogen and oxygen atoms in total. The van der Waals surface area contributed by atoms with Crippen LogP contribution in [0.25, 0.3) is 0 Å². The van der Waals surface area contributed by atoms with Crippen LogP contribution >= 0.6 is 23.2 Å². The van der Waals surface area contributed by atoms with Gasteiger partial charge in [-0.05, 0) is 56.1 Å². The summed E-state index contributed by atoms with van der Waals surface area (Å²) in [5, 5.41) is 4.87. The van der Waals surface area contributed by atoms with E-state index in [1.807, 2.05) is 30.3 Å². The van der Waals surface area contributed by atoms with Crippen LogP contribution in [-0.4, -0.2) is 13.2 Å². The zero-order chi connectivity index (χ0) is 19.0. The molecule has 0 heterocycles. The van der Waals surface area contributed by atoms with Crippen LogP contribution in [0.2, 0.25) is 10.0 Å². The molecule has 2 aromatic carbocycles. The standard InChI is InChI=1S/C21H26Cl2N2O/c1-4-12-26-25-20(16-8-6-5-7-9-16)10-11-24-21(2,3)17-13-18(22)15-19(23)14-17/h4-9,13-15,20,24-25H,1,10-12H2,2-3H3. The molecule has 0 aliphatic carbocycles. The van der Waals surface area contributed by atoms with Crippen LogP contribution in [0.5, 0.6) is 0 Å². The second-order valence-corrected chi connectivity index (χ2v) is 7.55. The Morgan fingerprint density at radius 3 is 2.38 bits per heavy atom. The van der Waals surface area contributed by atoms with Gasteiger partial charge >= 0.3 is 0 Å². The van der Waals surface area contributed by atoms with Crippen molar-refractivity contribution in [2.75, 3.05) is 13.2 Å². The van der Waals surface area contributed by atoms with E-state index in [-0.39, 0.29) is 11.6 Å². The highest BCUT2D eigenvalue weighted by atomic mass is 35.5. The number of halogens is 2. The van der Waals surface area contributed by atoms with Crippen LogP contribution in [0.3, 0.4) is 0 Å². The van der Waals surface area contributed by atoms with Crippen LogP contribution in [0.15, 0.2) is 61.2 Å². The van der Waals surface area contributed by atoms with E-state index in [0.717, 1.165) is 18.5 Å². The number of rotatable bonds is 10. The molecule has 0 saturated carbocycles. The molecule has 140 valence electrons. The highest BCUT2D eigenvalue weighted by Gasteiger charge is 2.21. The molecule has 2 rings (SSSR count). The Hall–Kier alpha value is -1.36. The van der Waals surface area contributed by atoms with E-state index in [1.54, 1.807) is 12.1 Å². The first-order valence-electron chi connectivity index (χ1n) is 8.67. The molecule has 5 heteroatoms. The monoisotopic (exact) mass is 392 g/mol. The molecule has 0 spiro atoms. The summed E-state index contributed by atoms with van der Waals surface area (Å²) in [6, 6.07) is 16.0. The van der Waals surface area contributed by atoms with Gasteiger partial charge in [-0.1, -0.05) is 59.6 Å². The van der Waals surface area contributed by atoms with Crippen LogP contribution in [0.1, 0.15) is 37.4 Å². The van der Waals surface area contributed by atoms with E-state index >= 15 is 0 Å². The Morgan fingerprint density at radius 2 is 1.77 bits per heavy atom. The first-order valence-corrected chi connectivity index (χ1v) is 9.43. The lowest BCUT2D eigenvalue weighted by Crippen LogP contribution is -2.38. The first-order chi connectivity index (χ1) is 12.4. The molecule has 0 fully saturated rings. The highest BCUT2D eigenvalue weighted by molar-refractivity contribution is 6.34. The Kier molecular flexibility index (Phi) is 8.14. The molecule has 0 aliphatic heterocycles. The summed E-state index contributed by atoms with van der Waals surface area (Å²) in [5.74, 6) is 0. The van der Waals surface area contributed by atoms with E-state index in [2.05, 4.69) is 43.4 Å². The van der Waals surface area contributed by atoms with Crippen LogP contribution < -0.4 is 10.8 Å². The topological polar surface area (TPSA) is 33.3 Å². The van der Waals surface area contributed by atoms with Gasteiger partial charge < -0.3 is 5.32 Å². The average Bonchev–Trinajstić information content (AvgIpc) is 2.60. The predicted octanol–water partition coefficient (Wildman–Crippen LogP) is 5.66. The minimum absolute atomic E-state index is 0.0856. The molecule has 0 aromatic heterocycles. The van der Waals surface area contributed by atoms with Gasteiger partial charge in [-0.15, -0.1) is 6.58 Å². The Bertz CT molecular complexity index is 684. The summed E-state index contributed by atoms with van der Waals surface area (Å²) in [6.07, 6.45) is 2.58. The molecule has 0 radical (unpaired) electrons. The van der Waals surface area contributed by atoms with Gasteiger partial charge in [0.2, 0.25) is 0 Å².